The van der Waals surface area contributed by atoms with Crippen LogP contribution in [0.4, 0.5) is 4.79 Å². The number of nitrogens with zero attached hydrogens (tertiary/aromatic N) is 1. The lowest BCUT2D eigenvalue weighted by Gasteiger charge is -2.35. The first-order valence-electron chi connectivity index (χ1n) is 10.9. The molecule has 0 radical (unpaired) electrons. The highest BCUT2D eigenvalue weighted by Crippen LogP contribution is 2.41. The van der Waals surface area contributed by atoms with Crippen LogP contribution in [0.1, 0.15) is 59.6 Å². The second-order valence-corrected chi connectivity index (χ2v) is 9.93. The summed E-state index contributed by atoms with van der Waals surface area (Å²) in [6, 6.07) is 4.07. The average Bonchev–Trinajstić information content (AvgIpc) is 3.37. The molecule has 3 amide bonds. The molecule has 4 atom stereocenters. The number of amides is 3. The molecule has 0 spiro atoms. The van der Waals surface area contributed by atoms with Crippen molar-refractivity contribution in [1.29, 1.82) is 0 Å². The molecular weight excluding hydrogens is 430 g/mol. The number of carbonyl (C=O) groups excluding carboxylic acids is 3. The Morgan fingerprint density at radius 2 is 1.88 bits per heavy atom. The first-order valence-corrected chi connectivity index (χ1v) is 11.5. The van der Waals surface area contributed by atoms with Crippen molar-refractivity contribution in [3.8, 4) is 5.75 Å². The van der Waals surface area contributed by atoms with Crippen LogP contribution in [0.2, 0.25) is 0 Å². The van der Waals surface area contributed by atoms with E-state index >= 15 is 0 Å². The van der Waals surface area contributed by atoms with E-state index in [1.807, 2.05) is 20.8 Å². The number of thiol groups is 1. The van der Waals surface area contributed by atoms with Crippen LogP contribution in [0.5, 0.6) is 5.75 Å². The summed E-state index contributed by atoms with van der Waals surface area (Å²) >= 11 is 4.27. The molecule has 1 saturated carbocycles. The molecule has 178 valence electrons. The molecular formula is C23H35N3O5S. The number of hydrogen-bond donors (Lipinski definition) is 4. The molecule has 8 nitrogen and oxygen atoms in total. The monoisotopic (exact) mass is 465 g/mol. The highest BCUT2D eigenvalue weighted by Gasteiger charge is 2.48. The van der Waals surface area contributed by atoms with E-state index in [9.17, 15) is 19.5 Å². The van der Waals surface area contributed by atoms with E-state index in [0.29, 0.717) is 5.56 Å². The molecule has 1 aromatic rings. The Morgan fingerprint density at radius 1 is 1.25 bits per heavy atom. The smallest absolute Gasteiger partial charge is 0.408 e. The summed E-state index contributed by atoms with van der Waals surface area (Å²) in [5.74, 6) is -0.541. The molecule has 2 rings (SSSR count). The predicted octanol–water partition coefficient (Wildman–Crippen LogP) is 3.02. The summed E-state index contributed by atoms with van der Waals surface area (Å²) in [6.07, 6.45) is 0.0103. The first-order chi connectivity index (χ1) is 14.8. The summed E-state index contributed by atoms with van der Waals surface area (Å²) in [7, 11) is 0. The number of phenolic OH excluding ortho intramolecular Hbond substituents is 1. The summed E-state index contributed by atoms with van der Waals surface area (Å²) in [5, 5.41) is 15.5. The molecule has 1 aliphatic rings. The van der Waals surface area contributed by atoms with Crippen LogP contribution in [-0.2, 0) is 14.3 Å². The van der Waals surface area contributed by atoms with Crippen molar-refractivity contribution in [2.45, 2.75) is 77.7 Å². The molecule has 0 heterocycles. The van der Waals surface area contributed by atoms with Crippen LogP contribution >= 0.6 is 12.6 Å². The van der Waals surface area contributed by atoms with Crippen LogP contribution in [0.3, 0.4) is 0 Å². The first kappa shape index (κ1) is 25.8. The molecule has 3 N–H and O–H groups in total. The minimum Gasteiger partial charge on any atom is -0.508 e. The van der Waals surface area contributed by atoms with Gasteiger partial charge >= 0.3 is 6.09 Å². The largest absolute Gasteiger partial charge is 0.508 e. The van der Waals surface area contributed by atoms with Gasteiger partial charge in [-0.1, -0.05) is 19.1 Å². The molecule has 0 aromatic heterocycles. The van der Waals surface area contributed by atoms with Crippen LogP contribution in [0, 0.1) is 5.92 Å². The Morgan fingerprint density at radius 3 is 2.34 bits per heavy atom. The van der Waals surface area contributed by atoms with Crippen LogP contribution < -0.4 is 10.6 Å². The van der Waals surface area contributed by atoms with Gasteiger partial charge in [0, 0.05) is 17.8 Å². The van der Waals surface area contributed by atoms with Gasteiger partial charge in [-0.05, 0) is 64.7 Å². The number of benzene rings is 1. The van der Waals surface area contributed by atoms with Crippen molar-refractivity contribution < 1.29 is 24.2 Å². The zero-order chi connectivity index (χ0) is 24.2. The van der Waals surface area contributed by atoms with Crippen molar-refractivity contribution >= 4 is 30.5 Å². The Balaban J connectivity index is 2.41. The highest BCUT2D eigenvalue weighted by molar-refractivity contribution is 7.80. The van der Waals surface area contributed by atoms with Gasteiger partial charge in [0.15, 0.2) is 0 Å². The number of carbonyl (C=O) groups is 3. The maximum absolute atomic E-state index is 13.7. The number of alkyl carbamates (subject to hydrolysis) is 1. The Kier molecular flexibility index (Phi) is 8.45. The molecule has 1 fully saturated rings. The molecule has 1 aliphatic carbocycles. The van der Waals surface area contributed by atoms with E-state index in [-0.39, 0.29) is 35.4 Å². The van der Waals surface area contributed by atoms with Crippen molar-refractivity contribution in [3.63, 3.8) is 0 Å². The molecule has 1 aromatic carbocycles. The average molecular weight is 466 g/mol. The molecule has 4 unspecified atom stereocenters. The summed E-state index contributed by atoms with van der Waals surface area (Å²) in [6.45, 7) is 10.9. The number of phenols is 1. The zero-order valence-electron chi connectivity index (χ0n) is 19.6. The fourth-order valence-corrected chi connectivity index (χ4v) is 3.73. The van der Waals surface area contributed by atoms with Gasteiger partial charge in [-0.15, -0.1) is 0 Å². The van der Waals surface area contributed by atoms with Crippen molar-refractivity contribution in [2.24, 2.45) is 5.92 Å². The third-order valence-electron chi connectivity index (χ3n) is 4.99. The Labute approximate surface area is 195 Å². The normalized spacial score (nSPS) is 19.6. The summed E-state index contributed by atoms with van der Waals surface area (Å²) < 4.78 is 5.29. The van der Waals surface area contributed by atoms with Gasteiger partial charge in [-0.2, -0.15) is 12.6 Å². The number of ether oxygens (including phenoxy) is 1. The minimum absolute atomic E-state index is 0.00119. The molecule has 0 bridgehead atoms. The molecule has 9 heteroatoms. The quantitative estimate of drug-likeness (QED) is 0.442. The van der Waals surface area contributed by atoms with Gasteiger partial charge in [0.25, 0.3) is 0 Å². The number of rotatable bonds is 8. The van der Waals surface area contributed by atoms with E-state index < -0.39 is 29.7 Å². The van der Waals surface area contributed by atoms with Gasteiger partial charge in [0.05, 0.1) is 0 Å². The Bertz CT molecular complexity index is 839. The second kappa shape index (κ2) is 10.5. The maximum atomic E-state index is 13.7. The number of hydrogen-bond acceptors (Lipinski definition) is 6. The van der Waals surface area contributed by atoms with Gasteiger partial charge in [-0.25, -0.2) is 4.79 Å². The van der Waals surface area contributed by atoms with E-state index in [2.05, 4.69) is 23.3 Å². The highest BCUT2D eigenvalue weighted by atomic mass is 32.1. The van der Waals surface area contributed by atoms with E-state index in [4.69, 9.17) is 4.74 Å². The summed E-state index contributed by atoms with van der Waals surface area (Å²) in [4.78, 5) is 40.8. The predicted molar refractivity (Wildman–Crippen MR) is 126 cm³/mol. The minimum atomic E-state index is -0.979. The van der Waals surface area contributed by atoms with Crippen LogP contribution in [-0.4, -0.2) is 57.4 Å². The zero-order valence-corrected chi connectivity index (χ0v) is 20.5. The summed E-state index contributed by atoms with van der Waals surface area (Å²) in [5.41, 5.74) is -0.231. The van der Waals surface area contributed by atoms with Crippen molar-refractivity contribution in [2.75, 3.05) is 5.75 Å². The van der Waals surface area contributed by atoms with Gasteiger partial charge in [-0.3, -0.25) is 9.59 Å². The van der Waals surface area contributed by atoms with E-state index in [1.165, 1.54) is 17.0 Å². The lowest BCUT2D eigenvalue weighted by atomic mass is 10.0. The van der Waals surface area contributed by atoms with Crippen molar-refractivity contribution in [3.05, 3.63) is 29.8 Å². The van der Waals surface area contributed by atoms with Crippen LogP contribution in [0.15, 0.2) is 24.3 Å². The Hall–Kier alpha value is -2.42. The molecule has 0 saturated heterocycles. The van der Waals surface area contributed by atoms with Gasteiger partial charge in [0.1, 0.15) is 23.4 Å². The fourth-order valence-electron chi connectivity index (χ4n) is 3.48. The SMILES string of the molecule is CC(C)NC(=O)C(c1cccc(O)c1)N(C(=O)C(CS)NC(=O)OC(C)(C)C)C1CC1C. The third-order valence-corrected chi connectivity index (χ3v) is 5.36. The second-order valence-electron chi connectivity index (χ2n) is 9.57. The van der Waals surface area contributed by atoms with E-state index in [1.54, 1.807) is 32.9 Å². The standard InChI is InChI=1S/C23H35N3O5S/c1-13(2)24-20(28)19(15-8-7-9-16(27)11-15)26(18-10-14(18)3)21(29)17(12-32)25-22(30)31-23(4,5)6/h7-9,11,13-14,17-19,27,32H,10,12H2,1-6H3,(H,24,28)(H,25,30). The molecule has 32 heavy (non-hydrogen) atoms. The van der Waals surface area contributed by atoms with Gasteiger partial charge in [0.2, 0.25) is 11.8 Å². The molecule has 0 aliphatic heterocycles. The van der Waals surface area contributed by atoms with E-state index in [0.717, 1.165) is 6.42 Å². The number of nitrogens with one attached hydrogen (secondary N) is 2. The maximum Gasteiger partial charge on any atom is 0.408 e. The number of aromatic hydroxyl groups is 1. The lowest BCUT2D eigenvalue weighted by Crippen LogP contribution is -2.55. The van der Waals surface area contributed by atoms with Crippen molar-refractivity contribution in [1.82, 2.24) is 15.5 Å². The third kappa shape index (κ3) is 7.05. The fraction of sp³-hybridized carbons (Fsp3) is 0.609. The van der Waals surface area contributed by atoms with Crippen LogP contribution in [0.25, 0.3) is 0 Å². The lowest BCUT2D eigenvalue weighted by molar-refractivity contribution is -0.143. The van der Waals surface area contributed by atoms with Gasteiger partial charge < -0.3 is 25.4 Å². The topological polar surface area (TPSA) is 108 Å².